The molecule has 1 aromatic heterocycles. The first-order valence-electron chi connectivity index (χ1n) is 13.5. The number of fused-ring (bicyclic) bond motifs is 1. The number of Topliss-reactive ketones (excluding diaryl/α,β-unsaturated/α-hetero) is 1. The Morgan fingerprint density at radius 2 is 1.71 bits per heavy atom. The SMILES string of the molecule is COc1cc(OC)c(Cl)c(N2Cc3cnc(N[C@@H]4CC[C@@H](C(C)=O)C[C@@H]4NC(=O)OC(C)(C)C)nc3N(C)C2=O)c1Cl. The summed E-state index contributed by atoms with van der Waals surface area (Å²) in [5.41, 5.74) is 0.233. The van der Waals surface area contributed by atoms with Crippen molar-refractivity contribution in [1.82, 2.24) is 15.3 Å². The normalized spacial score (nSPS) is 20.5. The number of hydrogen-bond acceptors (Lipinski definition) is 9. The van der Waals surface area contributed by atoms with Gasteiger partial charge in [-0.1, -0.05) is 23.2 Å². The minimum Gasteiger partial charge on any atom is -0.495 e. The molecule has 42 heavy (non-hydrogen) atoms. The number of benzene rings is 1. The molecular formula is C28H36Cl2N6O6. The van der Waals surface area contributed by atoms with E-state index in [2.05, 4.69) is 20.6 Å². The number of amides is 3. The van der Waals surface area contributed by atoms with Gasteiger partial charge in [-0.15, -0.1) is 0 Å². The van der Waals surface area contributed by atoms with Crippen molar-refractivity contribution in [1.29, 1.82) is 0 Å². The number of nitrogens with one attached hydrogen (secondary N) is 2. The van der Waals surface area contributed by atoms with Crippen LogP contribution in [0.4, 0.5) is 27.0 Å². The van der Waals surface area contributed by atoms with E-state index in [-0.39, 0.29) is 46.0 Å². The zero-order valence-electron chi connectivity index (χ0n) is 24.7. The van der Waals surface area contributed by atoms with Crippen molar-refractivity contribution in [3.05, 3.63) is 27.9 Å². The van der Waals surface area contributed by atoms with Gasteiger partial charge in [-0.05, 0) is 47.0 Å². The molecule has 0 saturated heterocycles. The van der Waals surface area contributed by atoms with E-state index < -0.39 is 23.8 Å². The zero-order chi connectivity index (χ0) is 30.9. The minimum absolute atomic E-state index is 0.0769. The molecule has 1 aliphatic heterocycles. The van der Waals surface area contributed by atoms with Crippen LogP contribution in [0.1, 0.15) is 52.5 Å². The number of alkyl carbamates (subject to hydrolysis) is 1. The summed E-state index contributed by atoms with van der Waals surface area (Å²) in [6.07, 6.45) is 2.77. The van der Waals surface area contributed by atoms with Crippen molar-refractivity contribution in [3.8, 4) is 11.5 Å². The van der Waals surface area contributed by atoms with Crippen LogP contribution in [-0.4, -0.2) is 66.8 Å². The van der Waals surface area contributed by atoms with E-state index in [1.165, 1.54) is 24.0 Å². The van der Waals surface area contributed by atoms with Gasteiger partial charge in [-0.3, -0.25) is 14.6 Å². The van der Waals surface area contributed by atoms with Crippen LogP contribution in [0.15, 0.2) is 12.3 Å². The lowest BCUT2D eigenvalue weighted by Gasteiger charge is -2.37. The van der Waals surface area contributed by atoms with E-state index in [0.29, 0.717) is 42.1 Å². The Bertz CT molecular complexity index is 1360. The number of carbonyl (C=O) groups is 3. The number of carbonyl (C=O) groups excluding carboxylic acids is 3. The Morgan fingerprint density at radius 3 is 2.29 bits per heavy atom. The highest BCUT2D eigenvalue weighted by Gasteiger charge is 2.37. The van der Waals surface area contributed by atoms with Gasteiger partial charge >= 0.3 is 12.1 Å². The molecule has 228 valence electrons. The summed E-state index contributed by atoms with van der Waals surface area (Å²) < 4.78 is 16.2. The number of halogens is 2. The highest BCUT2D eigenvalue weighted by atomic mass is 35.5. The number of ether oxygens (including phenoxy) is 3. The van der Waals surface area contributed by atoms with Crippen molar-refractivity contribution in [2.75, 3.05) is 36.4 Å². The number of nitrogens with zero attached hydrogens (tertiary/aromatic N) is 4. The molecule has 12 nitrogen and oxygen atoms in total. The van der Waals surface area contributed by atoms with Crippen LogP contribution < -0.4 is 29.9 Å². The fraction of sp³-hybridized carbons (Fsp3) is 0.536. The third-order valence-electron chi connectivity index (χ3n) is 7.27. The van der Waals surface area contributed by atoms with Crippen LogP contribution in [0.5, 0.6) is 11.5 Å². The van der Waals surface area contributed by atoms with Crippen LogP contribution in [0.2, 0.25) is 10.0 Å². The average Bonchev–Trinajstić information content (AvgIpc) is 2.91. The van der Waals surface area contributed by atoms with Gasteiger partial charge in [0.15, 0.2) is 0 Å². The number of rotatable bonds is 7. The molecule has 14 heteroatoms. The highest BCUT2D eigenvalue weighted by Crippen LogP contribution is 2.47. The largest absolute Gasteiger partial charge is 0.495 e. The summed E-state index contributed by atoms with van der Waals surface area (Å²) in [6, 6.07) is 0.465. The molecule has 2 aliphatic rings. The Balaban J connectivity index is 1.59. The van der Waals surface area contributed by atoms with Crippen LogP contribution in [0.3, 0.4) is 0 Å². The van der Waals surface area contributed by atoms with Gasteiger partial charge in [0, 0.05) is 36.8 Å². The second-order valence-corrected chi connectivity index (χ2v) is 12.1. The molecule has 3 atom stereocenters. The van der Waals surface area contributed by atoms with Gasteiger partial charge in [-0.2, -0.15) is 4.98 Å². The predicted molar refractivity (Wildman–Crippen MR) is 160 cm³/mol. The second-order valence-electron chi connectivity index (χ2n) is 11.4. The van der Waals surface area contributed by atoms with Gasteiger partial charge in [0.1, 0.15) is 38.7 Å². The third-order valence-corrected chi connectivity index (χ3v) is 8.00. The Hall–Kier alpha value is -3.51. The number of aromatic nitrogens is 2. The number of hydrogen-bond donors (Lipinski definition) is 2. The summed E-state index contributed by atoms with van der Waals surface area (Å²) in [4.78, 5) is 50.2. The molecule has 1 fully saturated rings. The monoisotopic (exact) mass is 622 g/mol. The first-order valence-corrected chi connectivity index (χ1v) is 14.3. The molecule has 4 rings (SSSR count). The molecule has 0 radical (unpaired) electrons. The van der Waals surface area contributed by atoms with Crippen LogP contribution in [-0.2, 0) is 16.1 Å². The van der Waals surface area contributed by atoms with Gasteiger partial charge in [0.25, 0.3) is 0 Å². The molecule has 1 aromatic carbocycles. The van der Waals surface area contributed by atoms with E-state index in [0.717, 1.165) is 0 Å². The number of urea groups is 1. The van der Waals surface area contributed by atoms with Gasteiger partial charge in [-0.25, -0.2) is 14.6 Å². The fourth-order valence-electron chi connectivity index (χ4n) is 5.16. The van der Waals surface area contributed by atoms with E-state index >= 15 is 0 Å². The van der Waals surface area contributed by atoms with Crippen molar-refractivity contribution in [2.45, 2.75) is 71.2 Å². The van der Waals surface area contributed by atoms with Gasteiger partial charge < -0.3 is 24.8 Å². The van der Waals surface area contributed by atoms with Crippen molar-refractivity contribution < 1.29 is 28.6 Å². The molecule has 2 heterocycles. The standard InChI is InChI=1S/C28H36Cl2N6O6/c1-14(37)15-8-9-17(18(10-15)33-26(38)42-28(2,3)4)32-25-31-12-16-13-36(27(39)35(5)24(16)34-25)23-21(29)19(40-6)11-20(41-7)22(23)30/h11-12,15,17-18H,8-10,13H2,1-7H3,(H,33,38)(H,31,32,34)/t15-,17-,18+/m1/s1. The molecular weight excluding hydrogens is 587 g/mol. The molecule has 2 N–H and O–H groups in total. The van der Waals surface area contributed by atoms with E-state index in [1.54, 1.807) is 47.0 Å². The molecule has 3 amide bonds. The molecule has 1 saturated carbocycles. The zero-order valence-corrected chi connectivity index (χ0v) is 26.2. The Kier molecular flexibility index (Phi) is 9.27. The topological polar surface area (TPSA) is 135 Å². The first-order chi connectivity index (χ1) is 19.7. The van der Waals surface area contributed by atoms with Gasteiger partial charge in [0.2, 0.25) is 5.95 Å². The molecule has 2 aromatic rings. The summed E-state index contributed by atoms with van der Waals surface area (Å²) in [6.45, 7) is 7.02. The summed E-state index contributed by atoms with van der Waals surface area (Å²) in [5, 5.41) is 6.55. The molecule has 0 unspecified atom stereocenters. The number of ketones is 1. The maximum Gasteiger partial charge on any atom is 0.407 e. The smallest absolute Gasteiger partial charge is 0.407 e. The van der Waals surface area contributed by atoms with Crippen molar-refractivity contribution >= 4 is 58.6 Å². The number of anilines is 3. The van der Waals surface area contributed by atoms with E-state index in [9.17, 15) is 14.4 Å². The molecule has 1 aliphatic carbocycles. The highest BCUT2D eigenvalue weighted by molar-refractivity contribution is 6.42. The lowest BCUT2D eigenvalue weighted by Crippen LogP contribution is -2.52. The maximum absolute atomic E-state index is 13.6. The summed E-state index contributed by atoms with van der Waals surface area (Å²) >= 11 is 13.2. The lowest BCUT2D eigenvalue weighted by atomic mass is 9.80. The minimum atomic E-state index is -0.668. The van der Waals surface area contributed by atoms with Crippen LogP contribution >= 0.6 is 23.2 Å². The van der Waals surface area contributed by atoms with Crippen molar-refractivity contribution in [2.24, 2.45) is 5.92 Å². The van der Waals surface area contributed by atoms with Crippen molar-refractivity contribution in [3.63, 3.8) is 0 Å². The first kappa shape index (κ1) is 31.4. The van der Waals surface area contributed by atoms with E-state index in [1.807, 2.05) is 0 Å². The molecule has 0 spiro atoms. The molecule has 0 bridgehead atoms. The maximum atomic E-state index is 13.6. The fourth-order valence-corrected chi connectivity index (χ4v) is 5.86. The van der Waals surface area contributed by atoms with Gasteiger partial charge in [0.05, 0.1) is 32.5 Å². The predicted octanol–water partition coefficient (Wildman–Crippen LogP) is 5.44. The third kappa shape index (κ3) is 6.59. The second kappa shape index (κ2) is 12.4. The quantitative estimate of drug-likeness (QED) is 0.413. The average molecular weight is 624 g/mol. The van der Waals surface area contributed by atoms with Crippen LogP contribution in [0, 0.1) is 5.92 Å². The van der Waals surface area contributed by atoms with Crippen LogP contribution in [0.25, 0.3) is 0 Å². The van der Waals surface area contributed by atoms with E-state index in [4.69, 9.17) is 37.4 Å². The Morgan fingerprint density at radius 1 is 1.07 bits per heavy atom. The lowest BCUT2D eigenvalue weighted by molar-refractivity contribution is -0.121. The summed E-state index contributed by atoms with van der Waals surface area (Å²) in [7, 11) is 4.51. The Labute approximate surface area is 255 Å². The number of methoxy groups -OCH3 is 2. The summed E-state index contributed by atoms with van der Waals surface area (Å²) in [5.74, 6) is 1.20.